The molecular formula is C18H30N4O2S. The zero-order valence-electron chi connectivity index (χ0n) is 14.9. The molecule has 0 spiro atoms. The van der Waals surface area contributed by atoms with Gasteiger partial charge in [0, 0.05) is 44.4 Å². The van der Waals surface area contributed by atoms with Crippen LogP contribution in [-0.4, -0.2) is 74.3 Å². The van der Waals surface area contributed by atoms with Gasteiger partial charge in [-0.3, -0.25) is 9.89 Å². The SMILES string of the molecule is c1coc(CCNC(=NCC2CCCS2)NCCN2CCOCC2)c1. The van der Waals surface area contributed by atoms with Crippen molar-refractivity contribution in [2.45, 2.75) is 24.5 Å². The van der Waals surface area contributed by atoms with E-state index in [1.165, 1.54) is 18.6 Å². The van der Waals surface area contributed by atoms with Gasteiger partial charge in [-0.15, -0.1) is 0 Å². The summed E-state index contributed by atoms with van der Waals surface area (Å²) in [4.78, 5) is 7.24. The Labute approximate surface area is 154 Å². The summed E-state index contributed by atoms with van der Waals surface area (Å²) in [5.41, 5.74) is 0. The summed E-state index contributed by atoms with van der Waals surface area (Å²) in [5, 5.41) is 7.62. The van der Waals surface area contributed by atoms with Gasteiger partial charge in [-0.1, -0.05) is 0 Å². The molecule has 3 heterocycles. The molecule has 0 radical (unpaired) electrons. The highest BCUT2D eigenvalue weighted by Crippen LogP contribution is 2.25. The Balaban J connectivity index is 1.41. The Morgan fingerprint density at radius 1 is 1.28 bits per heavy atom. The van der Waals surface area contributed by atoms with Gasteiger partial charge in [-0.25, -0.2) is 0 Å². The Morgan fingerprint density at radius 3 is 2.92 bits per heavy atom. The Bertz CT molecular complexity index is 497. The van der Waals surface area contributed by atoms with Crippen LogP contribution in [0.5, 0.6) is 0 Å². The molecule has 1 aromatic heterocycles. The number of hydrogen-bond acceptors (Lipinski definition) is 5. The maximum atomic E-state index is 5.40. The minimum Gasteiger partial charge on any atom is -0.469 e. The van der Waals surface area contributed by atoms with Gasteiger partial charge in [0.05, 0.1) is 26.0 Å². The van der Waals surface area contributed by atoms with E-state index in [0.717, 1.165) is 70.6 Å². The normalized spacial score (nSPS) is 22.2. The van der Waals surface area contributed by atoms with Crippen molar-refractivity contribution in [3.63, 3.8) is 0 Å². The van der Waals surface area contributed by atoms with Gasteiger partial charge in [-0.2, -0.15) is 11.8 Å². The monoisotopic (exact) mass is 366 g/mol. The minimum absolute atomic E-state index is 0.683. The highest BCUT2D eigenvalue weighted by atomic mass is 32.2. The summed E-state index contributed by atoms with van der Waals surface area (Å²) in [6, 6.07) is 3.95. The summed E-state index contributed by atoms with van der Waals surface area (Å²) in [7, 11) is 0. The first-order chi connectivity index (χ1) is 12.4. The van der Waals surface area contributed by atoms with Gasteiger partial charge in [0.15, 0.2) is 5.96 Å². The van der Waals surface area contributed by atoms with Gasteiger partial charge in [0.25, 0.3) is 0 Å². The molecule has 1 aromatic rings. The first-order valence-corrected chi connectivity index (χ1v) is 10.4. The number of furan rings is 1. The molecule has 2 aliphatic heterocycles. The zero-order chi connectivity index (χ0) is 17.2. The average Bonchev–Trinajstić information content (AvgIpc) is 3.34. The molecule has 0 amide bonds. The summed E-state index contributed by atoms with van der Waals surface area (Å²) in [6.07, 6.45) is 5.22. The van der Waals surface area contributed by atoms with E-state index in [0.29, 0.717) is 5.25 Å². The van der Waals surface area contributed by atoms with Crippen molar-refractivity contribution in [2.24, 2.45) is 4.99 Å². The predicted octanol–water partition coefficient (Wildman–Crippen LogP) is 1.59. The second kappa shape index (κ2) is 10.7. The number of morpholine rings is 1. The third-order valence-corrected chi connectivity index (χ3v) is 5.93. The van der Waals surface area contributed by atoms with Crippen LogP contribution in [0.15, 0.2) is 27.8 Å². The second-order valence-electron chi connectivity index (χ2n) is 6.46. The van der Waals surface area contributed by atoms with Crippen LogP contribution in [0, 0.1) is 0 Å². The van der Waals surface area contributed by atoms with Gasteiger partial charge < -0.3 is 19.8 Å². The van der Waals surface area contributed by atoms with Crippen LogP contribution in [0.3, 0.4) is 0 Å². The van der Waals surface area contributed by atoms with E-state index in [4.69, 9.17) is 14.1 Å². The molecule has 3 rings (SSSR count). The van der Waals surface area contributed by atoms with Crippen molar-refractivity contribution >= 4 is 17.7 Å². The number of ether oxygens (including phenoxy) is 1. The second-order valence-corrected chi connectivity index (χ2v) is 7.87. The molecule has 1 atom stereocenters. The molecule has 0 saturated carbocycles. The van der Waals surface area contributed by atoms with E-state index in [9.17, 15) is 0 Å². The summed E-state index contributed by atoms with van der Waals surface area (Å²) >= 11 is 2.05. The number of thioether (sulfide) groups is 1. The molecule has 0 aliphatic carbocycles. The molecule has 2 fully saturated rings. The molecule has 0 aromatic carbocycles. The van der Waals surface area contributed by atoms with Gasteiger partial charge in [0.2, 0.25) is 0 Å². The largest absolute Gasteiger partial charge is 0.469 e. The standard InChI is InChI=1S/C18H30N4O2S/c1-3-16(24-11-1)5-6-19-18(21-15-17-4-2-14-25-17)20-7-8-22-9-12-23-13-10-22/h1,3,11,17H,2,4-10,12-15H2,(H2,19,20,21). The fourth-order valence-electron chi connectivity index (χ4n) is 3.07. The molecule has 140 valence electrons. The van der Waals surface area contributed by atoms with Crippen LogP contribution < -0.4 is 10.6 Å². The van der Waals surface area contributed by atoms with Crippen LogP contribution >= 0.6 is 11.8 Å². The molecule has 2 N–H and O–H groups in total. The fraction of sp³-hybridized carbons (Fsp3) is 0.722. The number of nitrogens with zero attached hydrogens (tertiary/aromatic N) is 2. The van der Waals surface area contributed by atoms with Crippen molar-refractivity contribution in [1.82, 2.24) is 15.5 Å². The first-order valence-electron chi connectivity index (χ1n) is 9.36. The van der Waals surface area contributed by atoms with E-state index in [1.54, 1.807) is 6.26 Å². The lowest BCUT2D eigenvalue weighted by Crippen LogP contribution is -2.45. The number of hydrogen-bond donors (Lipinski definition) is 2. The summed E-state index contributed by atoms with van der Waals surface area (Å²) in [6.45, 7) is 7.41. The highest BCUT2D eigenvalue weighted by Gasteiger charge is 2.15. The van der Waals surface area contributed by atoms with E-state index >= 15 is 0 Å². The third kappa shape index (κ3) is 6.92. The summed E-state index contributed by atoms with van der Waals surface area (Å²) in [5.74, 6) is 3.21. The zero-order valence-corrected chi connectivity index (χ0v) is 15.7. The van der Waals surface area contributed by atoms with Crippen LogP contribution in [0.25, 0.3) is 0 Å². The van der Waals surface area contributed by atoms with E-state index < -0.39 is 0 Å². The quantitative estimate of drug-likeness (QED) is 0.538. The predicted molar refractivity (Wildman–Crippen MR) is 103 cm³/mol. The number of rotatable bonds is 8. The Kier molecular flexibility index (Phi) is 7.99. The van der Waals surface area contributed by atoms with Crippen molar-refractivity contribution in [1.29, 1.82) is 0 Å². The molecule has 1 unspecified atom stereocenters. The van der Waals surface area contributed by atoms with Gasteiger partial charge in [0.1, 0.15) is 5.76 Å². The number of nitrogens with one attached hydrogen (secondary N) is 2. The summed E-state index contributed by atoms with van der Waals surface area (Å²) < 4.78 is 10.8. The lowest BCUT2D eigenvalue weighted by molar-refractivity contribution is 0.0389. The molecule has 2 saturated heterocycles. The van der Waals surface area contributed by atoms with Crippen molar-refractivity contribution in [3.8, 4) is 0 Å². The fourth-order valence-corrected chi connectivity index (χ4v) is 4.25. The maximum absolute atomic E-state index is 5.40. The van der Waals surface area contributed by atoms with E-state index in [1.807, 2.05) is 12.1 Å². The minimum atomic E-state index is 0.683. The maximum Gasteiger partial charge on any atom is 0.191 e. The van der Waals surface area contributed by atoms with Crippen LogP contribution in [0.1, 0.15) is 18.6 Å². The first kappa shape index (κ1) is 18.6. The molecular weight excluding hydrogens is 336 g/mol. The van der Waals surface area contributed by atoms with Crippen molar-refractivity contribution in [3.05, 3.63) is 24.2 Å². The van der Waals surface area contributed by atoms with Crippen LogP contribution in [0.4, 0.5) is 0 Å². The third-order valence-electron chi connectivity index (χ3n) is 4.55. The number of guanidine groups is 1. The molecule has 25 heavy (non-hydrogen) atoms. The highest BCUT2D eigenvalue weighted by molar-refractivity contribution is 8.00. The smallest absolute Gasteiger partial charge is 0.191 e. The lowest BCUT2D eigenvalue weighted by Gasteiger charge is -2.26. The topological polar surface area (TPSA) is 62.0 Å². The Morgan fingerprint density at radius 2 is 2.16 bits per heavy atom. The number of aliphatic imine (C=N–C) groups is 1. The van der Waals surface area contributed by atoms with Crippen LogP contribution in [-0.2, 0) is 11.2 Å². The molecule has 7 heteroatoms. The molecule has 6 nitrogen and oxygen atoms in total. The molecule has 2 aliphatic rings. The Hall–Kier alpha value is -1.18. The molecule has 0 bridgehead atoms. The van der Waals surface area contributed by atoms with Crippen molar-refractivity contribution in [2.75, 3.05) is 58.2 Å². The van der Waals surface area contributed by atoms with E-state index in [2.05, 4.69) is 27.3 Å². The van der Waals surface area contributed by atoms with Gasteiger partial charge >= 0.3 is 0 Å². The van der Waals surface area contributed by atoms with Crippen LogP contribution in [0.2, 0.25) is 0 Å². The van der Waals surface area contributed by atoms with Crippen molar-refractivity contribution < 1.29 is 9.15 Å². The van der Waals surface area contributed by atoms with E-state index in [-0.39, 0.29) is 0 Å². The lowest BCUT2D eigenvalue weighted by atomic mass is 10.2. The average molecular weight is 367 g/mol. The van der Waals surface area contributed by atoms with Gasteiger partial charge in [-0.05, 0) is 30.7 Å².